The van der Waals surface area contributed by atoms with Crippen molar-refractivity contribution in [1.82, 2.24) is 9.78 Å². The van der Waals surface area contributed by atoms with Gasteiger partial charge in [0.05, 0.1) is 6.20 Å². The second kappa shape index (κ2) is 4.17. The zero-order chi connectivity index (χ0) is 12.4. The van der Waals surface area contributed by atoms with E-state index in [0.29, 0.717) is 0 Å². The highest BCUT2D eigenvalue weighted by Gasteiger charge is 2.17. The van der Waals surface area contributed by atoms with Crippen LogP contribution in [0.5, 0.6) is 11.5 Å². The average molecular weight is 233 g/mol. The number of anilines is 1. The van der Waals surface area contributed by atoms with Gasteiger partial charge in [0.15, 0.2) is 11.5 Å². The molecule has 0 saturated carbocycles. The molecule has 6 nitrogen and oxygen atoms in total. The molecule has 0 unspecified atom stereocenters. The normalized spacial score (nSPS) is 10.2. The molecule has 1 heterocycles. The van der Waals surface area contributed by atoms with Gasteiger partial charge in [0, 0.05) is 7.05 Å². The summed E-state index contributed by atoms with van der Waals surface area (Å²) in [5.41, 5.74) is 5.80. The van der Waals surface area contributed by atoms with Gasteiger partial charge in [0.25, 0.3) is 0 Å². The number of phenols is 1. The van der Waals surface area contributed by atoms with Gasteiger partial charge in [-0.15, -0.1) is 0 Å². The van der Waals surface area contributed by atoms with E-state index in [2.05, 4.69) is 5.10 Å². The summed E-state index contributed by atoms with van der Waals surface area (Å²) in [5, 5.41) is 13.3. The molecule has 1 aromatic heterocycles. The smallest absolute Gasteiger partial charge is 0.349 e. The minimum absolute atomic E-state index is 0.0840. The third kappa shape index (κ3) is 2.05. The van der Waals surface area contributed by atoms with E-state index >= 15 is 0 Å². The van der Waals surface area contributed by atoms with E-state index in [1.165, 1.54) is 23.0 Å². The van der Waals surface area contributed by atoms with Crippen molar-refractivity contribution < 1.29 is 14.6 Å². The van der Waals surface area contributed by atoms with E-state index in [-0.39, 0.29) is 22.9 Å². The van der Waals surface area contributed by atoms with Crippen molar-refractivity contribution in [2.75, 3.05) is 5.73 Å². The Morgan fingerprint density at radius 3 is 2.76 bits per heavy atom. The van der Waals surface area contributed by atoms with E-state index in [1.54, 1.807) is 19.2 Å². The standard InChI is InChI=1S/C11H11N3O3/c1-14-10(12)7(6-13-14)11(16)17-9-5-3-2-4-8(9)15/h2-6,15H,12H2,1H3. The molecular formula is C11H11N3O3. The maximum atomic E-state index is 11.7. The number of carbonyl (C=O) groups excluding carboxylic acids is 1. The molecule has 0 aliphatic rings. The number of ether oxygens (including phenoxy) is 1. The number of esters is 1. The van der Waals surface area contributed by atoms with Crippen molar-refractivity contribution in [3.8, 4) is 11.5 Å². The summed E-state index contributed by atoms with van der Waals surface area (Å²) in [7, 11) is 1.62. The molecule has 0 radical (unpaired) electrons. The van der Waals surface area contributed by atoms with Gasteiger partial charge in [-0.3, -0.25) is 4.68 Å². The summed E-state index contributed by atoms with van der Waals surface area (Å²) in [5.74, 6) is -0.466. The van der Waals surface area contributed by atoms with E-state index < -0.39 is 5.97 Å². The first-order valence-electron chi connectivity index (χ1n) is 4.87. The molecule has 3 N–H and O–H groups in total. The number of para-hydroxylation sites is 2. The van der Waals surface area contributed by atoms with Crippen molar-refractivity contribution in [2.24, 2.45) is 7.05 Å². The SMILES string of the molecule is Cn1ncc(C(=O)Oc2ccccc2O)c1N. The summed E-state index contributed by atoms with van der Waals surface area (Å²) in [6, 6.07) is 6.19. The summed E-state index contributed by atoms with van der Waals surface area (Å²) in [4.78, 5) is 11.7. The Morgan fingerprint density at radius 1 is 1.47 bits per heavy atom. The number of nitrogens with two attached hydrogens (primary N) is 1. The number of nitrogens with zero attached hydrogens (tertiary/aromatic N) is 2. The zero-order valence-electron chi connectivity index (χ0n) is 9.12. The Balaban J connectivity index is 2.23. The Kier molecular flexibility index (Phi) is 2.70. The van der Waals surface area contributed by atoms with Crippen LogP contribution in [-0.2, 0) is 7.05 Å². The fourth-order valence-electron chi connectivity index (χ4n) is 1.30. The number of nitrogen functional groups attached to an aromatic ring is 1. The van der Waals surface area contributed by atoms with Gasteiger partial charge in [-0.2, -0.15) is 5.10 Å². The second-order valence-corrected chi connectivity index (χ2v) is 3.42. The molecule has 0 atom stereocenters. The zero-order valence-corrected chi connectivity index (χ0v) is 9.12. The first-order chi connectivity index (χ1) is 8.09. The van der Waals surface area contributed by atoms with Crippen LogP contribution in [0.2, 0.25) is 0 Å². The molecule has 2 aromatic rings. The van der Waals surface area contributed by atoms with Crippen molar-refractivity contribution in [3.63, 3.8) is 0 Å². The molecule has 0 saturated heterocycles. The number of hydrogen-bond acceptors (Lipinski definition) is 5. The lowest BCUT2D eigenvalue weighted by atomic mass is 10.3. The summed E-state index contributed by atoms with van der Waals surface area (Å²) in [6.45, 7) is 0. The van der Waals surface area contributed by atoms with Crippen LogP contribution in [0.15, 0.2) is 30.5 Å². The Bertz CT molecular complexity index is 563. The molecule has 0 amide bonds. The van der Waals surface area contributed by atoms with E-state index in [0.717, 1.165) is 0 Å². The maximum Gasteiger partial charge on any atom is 0.349 e. The molecule has 17 heavy (non-hydrogen) atoms. The van der Waals surface area contributed by atoms with E-state index in [9.17, 15) is 9.90 Å². The van der Waals surface area contributed by atoms with Crippen molar-refractivity contribution in [3.05, 3.63) is 36.0 Å². The Labute approximate surface area is 97.2 Å². The van der Waals surface area contributed by atoms with Crippen LogP contribution in [0.1, 0.15) is 10.4 Å². The molecule has 2 rings (SSSR count). The fourth-order valence-corrected chi connectivity index (χ4v) is 1.30. The largest absolute Gasteiger partial charge is 0.504 e. The van der Waals surface area contributed by atoms with Gasteiger partial charge in [0.2, 0.25) is 0 Å². The van der Waals surface area contributed by atoms with Crippen LogP contribution in [-0.4, -0.2) is 20.9 Å². The third-order valence-electron chi connectivity index (χ3n) is 2.27. The maximum absolute atomic E-state index is 11.7. The predicted octanol–water partition coefficient (Wildman–Crippen LogP) is 0.927. The highest BCUT2D eigenvalue weighted by molar-refractivity contribution is 5.95. The van der Waals surface area contributed by atoms with Crippen LogP contribution in [0, 0.1) is 0 Å². The number of hydrogen-bond donors (Lipinski definition) is 2. The Hall–Kier alpha value is -2.50. The highest BCUT2D eigenvalue weighted by Crippen LogP contribution is 2.25. The molecule has 0 fully saturated rings. The van der Waals surface area contributed by atoms with Crippen molar-refractivity contribution in [2.45, 2.75) is 0 Å². The lowest BCUT2D eigenvalue weighted by molar-refractivity contribution is 0.0731. The minimum atomic E-state index is -0.655. The topological polar surface area (TPSA) is 90.4 Å². The number of benzene rings is 1. The number of aryl methyl sites for hydroxylation is 1. The molecule has 0 aliphatic heterocycles. The van der Waals surface area contributed by atoms with Gasteiger partial charge < -0.3 is 15.6 Å². The van der Waals surface area contributed by atoms with Crippen LogP contribution >= 0.6 is 0 Å². The predicted molar refractivity (Wildman–Crippen MR) is 60.7 cm³/mol. The summed E-state index contributed by atoms with van der Waals surface area (Å²) >= 11 is 0. The molecule has 6 heteroatoms. The molecule has 0 spiro atoms. The minimum Gasteiger partial charge on any atom is -0.504 e. The van der Waals surface area contributed by atoms with Crippen LogP contribution in [0.25, 0.3) is 0 Å². The summed E-state index contributed by atoms with van der Waals surface area (Å²) in [6.07, 6.45) is 1.32. The van der Waals surface area contributed by atoms with Crippen LogP contribution in [0.4, 0.5) is 5.82 Å². The number of phenolic OH excluding ortho intramolecular Hbond substituents is 1. The average Bonchev–Trinajstić information content (AvgIpc) is 2.63. The first kappa shape index (κ1) is 11.0. The summed E-state index contributed by atoms with van der Waals surface area (Å²) < 4.78 is 6.37. The lowest BCUT2D eigenvalue weighted by Crippen LogP contribution is -2.11. The van der Waals surface area contributed by atoms with Crippen LogP contribution < -0.4 is 10.5 Å². The van der Waals surface area contributed by atoms with E-state index in [4.69, 9.17) is 10.5 Å². The number of rotatable bonds is 2. The highest BCUT2D eigenvalue weighted by atomic mass is 16.5. The number of aromatic hydroxyl groups is 1. The van der Waals surface area contributed by atoms with Gasteiger partial charge in [0.1, 0.15) is 11.4 Å². The van der Waals surface area contributed by atoms with Crippen LogP contribution in [0.3, 0.4) is 0 Å². The number of carbonyl (C=O) groups is 1. The number of aromatic nitrogens is 2. The molecule has 0 aliphatic carbocycles. The first-order valence-corrected chi connectivity index (χ1v) is 4.87. The Morgan fingerprint density at radius 2 is 2.18 bits per heavy atom. The monoisotopic (exact) mass is 233 g/mol. The fraction of sp³-hybridized carbons (Fsp3) is 0.0909. The lowest BCUT2D eigenvalue weighted by Gasteiger charge is -2.05. The van der Waals surface area contributed by atoms with Gasteiger partial charge in [-0.05, 0) is 12.1 Å². The van der Waals surface area contributed by atoms with E-state index in [1.807, 2.05) is 0 Å². The second-order valence-electron chi connectivity index (χ2n) is 3.42. The molecule has 1 aromatic carbocycles. The molecule has 88 valence electrons. The van der Waals surface area contributed by atoms with Gasteiger partial charge >= 0.3 is 5.97 Å². The van der Waals surface area contributed by atoms with Gasteiger partial charge in [-0.1, -0.05) is 12.1 Å². The van der Waals surface area contributed by atoms with Crippen molar-refractivity contribution >= 4 is 11.8 Å². The molecule has 0 bridgehead atoms. The third-order valence-corrected chi connectivity index (χ3v) is 2.27. The van der Waals surface area contributed by atoms with Gasteiger partial charge in [-0.25, -0.2) is 4.79 Å². The van der Waals surface area contributed by atoms with Crippen molar-refractivity contribution in [1.29, 1.82) is 0 Å². The quantitative estimate of drug-likeness (QED) is 0.594. The molecular weight excluding hydrogens is 222 g/mol.